The van der Waals surface area contributed by atoms with Gasteiger partial charge >= 0.3 is 0 Å². The van der Waals surface area contributed by atoms with Crippen molar-refractivity contribution in [1.82, 2.24) is 5.32 Å². The summed E-state index contributed by atoms with van der Waals surface area (Å²) in [6.45, 7) is 4.76. The predicted octanol–water partition coefficient (Wildman–Crippen LogP) is 4.56. The normalized spacial score (nSPS) is 12.4. The van der Waals surface area contributed by atoms with Crippen molar-refractivity contribution in [3.63, 3.8) is 0 Å². The van der Waals surface area contributed by atoms with E-state index in [-0.39, 0.29) is 11.9 Å². The Morgan fingerprint density at radius 2 is 1.86 bits per heavy atom. The molecule has 0 bridgehead atoms. The highest BCUT2D eigenvalue weighted by molar-refractivity contribution is 5.27. The van der Waals surface area contributed by atoms with Gasteiger partial charge < -0.3 is 5.32 Å². The van der Waals surface area contributed by atoms with Crippen LogP contribution in [0.15, 0.2) is 42.5 Å². The van der Waals surface area contributed by atoms with Crippen LogP contribution in [0.3, 0.4) is 0 Å². The molecule has 2 rings (SSSR count). The van der Waals surface area contributed by atoms with Gasteiger partial charge in [0, 0.05) is 11.6 Å². The highest BCUT2D eigenvalue weighted by Crippen LogP contribution is 2.23. The first-order chi connectivity index (χ1) is 10.1. The fourth-order valence-electron chi connectivity index (χ4n) is 2.59. The molecule has 0 saturated heterocycles. The monoisotopic (exact) mass is 289 g/mol. The second kappa shape index (κ2) is 7.32. The second-order valence-corrected chi connectivity index (χ2v) is 5.24. The Morgan fingerprint density at radius 3 is 2.57 bits per heavy atom. The van der Waals surface area contributed by atoms with Gasteiger partial charge in [-0.05, 0) is 55.6 Å². The van der Waals surface area contributed by atoms with Gasteiger partial charge in [-0.1, -0.05) is 31.2 Å². The molecule has 0 heterocycles. The van der Waals surface area contributed by atoms with Gasteiger partial charge in [0.05, 0.1) is 0 Å². The molecule has 1 atom stereocenters. The molecule has 0 fully saturated rings. The molecular weight excluding hydrogens is 268 g/mol. The minimum atomic E-state index is -0.398. The number of hydrogen-bond donors (Lipinski definition) is 1. The minimum Gasteiger partial charge on any atom is -0.310 e. The molecule has 3 heteroatoms. The fraction of sp³-hybridized carbons (Fsp3) is 0.333. The van der Waals surface area contributed by atoms with Crippen LogP contribution in [0.1, 0.15) is 36.1 Å². The van der Waals surface area contributed by atoms with E-state index < -0.39 is 5.82 Å². The van der Waals surface area contributed by atoms with Crippen LogP contribution < -0.4 is 5.32 Å². The van der Waals surface area contributed by atoms with E-state index in [9.17, 15) is 8.78 Å². The fourth-order valence-corrected chi connectivity index (χ4v) is 2.59. The lowest BCUT2D eigenvalue weighted by Gasteiger charge is -2.19. The molecule has 2 aromatic rings. The first kappa shape index (κ1) is 15.6. The van der Waals surface area contributed by atoms with Crippen molar-refractivity contribution in [3.8, 4) is 0 Å². The quantitative estimate of drug-likeness (QED) is 0.822. The van der Waals surface area contributed by atoms with E-state index in [4.69, 9.17) is 0 Å². The molecule has 0 aliphatic heterocycles. The Morgan fingerprint density at radius 1 is 1.10 bits per heavy atom. The van der Waals surface area contributed by atoms with Gasteiger partial charge in [0.2, 0.25) is 0 Å². The summed E-state index contributed by atoms with van der Waals surface area (Å²) in [5, 5.41) is 3.25. The second-order valence-electron chi connectivity index (χ2n) is 5.24. The molecule has 2 aromatic carbocycles. The summed E-state index contributed by atoms with van der Waals surface area (Å²) >= 11 is 0. The highest BCUT2D eigenvalue weighted by Gasteiger charge is 2.16. The molecule has 1 N–H and O–H groups in total. The minimum absolute atomic E-state index is 0.176. The van der Waals surface area contributed by atoms with Crippen LogP contribution in [0, 0.1) is 18.6 Å². The summed E-state index contributed by atoms with van der Waals surface area (Å²) in [7, 11) is 0. The van der Waals surface area contributed by atoms with Crippen molar-refractivity contribution in [2.75, 3.05) is 6.54 Å². The Kier molecular flexibility index (Phi) is 5.45. The number of nitrogens with one attached hydrogen (secondary N) is 1. The summed E-state index contributed by atoms with van der Waals surface area (Å²) in [5.74, 6) is -0.752. The average Bonchev–Trinajstić information content (AvgIpc) is 2.48. The van der Waals surface area contributed by atoms with Crippen molar-refractivity contribution in [1.29, 1.82) is 0 Å². The first-order valence-corrected chi connectivity index (χ1v) is 7.34. The zero-order valence-corrected chi connectivity index (χ0v) is 12.5. The van der Waals surface area contributed by atoms with Gasteiger partial charge in [0.15, 0.2) is 0 Å². The van der Waals surface area contributed by atoms with Crippen LogP contribution in [0.4, 0.5) is 8.78 Å². The highest BCUT2D eigenvalue weighted by atomic mass is 19.1. The number of hydrogen-bond acceptors (Lipinski definition) is 1. The third kappa shape index (κ3) is 4.11. The van der Waals surface area contributed by atoms with Gasteiger partial charge in [-0.3, -0.25) is 0 Å². The smallest absolute Gasteiger partial charge is 0.128 e. The van der Waals surface area contributed by atoms with E-state index >= 15 is 0 Å². The summed E-state index contributed by atoms with van der Waals surface area (Å²) in [4.78, 5) is 0. The molecule has 0 aliphatic rings. The third-order valence-corrected chi connectivity index (χ3v) is 3.75. The molecule has 0 saturated carbocycles. The van der Waals surface area contributed by atoms with E-state index in [1.807, 2.05) is 19.1 Å². The maximum Gasteiger partial charge on any atom is 0.128 e. The zero-order valence-electron chi connectivity index (χ0n) is 12.5. The number of halogens is 2. The van der Waals surface area contributed by atoms with Crippen LogP contribution >= 0.6 is 0 Å². The van der Waals surface area contributed by atoms with Crippen LogP contribution in [0.5, 0.6) is 0 Å². The Hall–Kier alpha value is -1.74. The maximum atomic E-state index is 13.9. The van der Waals surface area contributed by atoms with E-state index in [1.54, 1.807) is 0 Å². The predicted molar refractivity (Wildman–Crippen MR) is 82.3 cm³/mol. The van der Waals surface area contributed by atoms with Gasteiger partial charge in [0.1, 0.15) is 11.6 Å². The Balaban J connectivity index is 2.16. The number of benzene rings is 2. The van der Waals surface area contributed by atoms with Gasteiger partial charge in [-0.25, -0.2) is 8.78 Å². The molecule has 0 aromatic heterocycles. The largest absolute Gasteiger partial charge is 0.310 e. The summed E-state index contributed by atoms with van der Waals surface area (Å²) in [6, 6.07) is 11.6. The van der Waals surface area contributed by atoms with E-state index in [0.29, 0.717) is 12.1 Å². The maximum absolute atomic E-state index is 13.9. The lowest BCUT2D eigenvalue weighted by atomic mass is 9.96. The summed E-state index contributed by atoms with van der Waals surface area (Å²) in [6.07, 6.45) is 1.57. The molecule has 112 valence electrons. The standard InChI is InChI=1S/C18H21F2N/c1-3-21-18(16-12-15(19)9-10-17(16)20)11-8-14-7-5-4-6-13(14)2/h4-7,9-10,12,18,21H,3,8,11H2,1-2H3. The van der Waals surface area contributed by atoms with Crippen molar-refractivity contribution in [2.45, 2.75) is 32.7 Å². The van der Waals surface area contributed by atoms with Crippen molar-refractivity contribution >= 4 is 0 Å². The zero-order chi connectivity index (χ0) is 15.2. The molecule has 0 radical (unpaired) electrons. The summed E-state index contributed by atoms with van der Waals surface area (Å²) < 4.78 is 27.3. The van der Waals surface area contributed by atoms with Crippen molar-refractivity contribution in [2.24, 2.45) is 0 Å². The van der Waals surface area contributed by atoms with Gasteiger partial charge in [-0.2, -0.15) is 0 Å². The van der Waals surface area contributed by atoms with Crippen LogP contribution in [-0.2, 0) is 6.42 Å². The third-order valence-electron chi connectivity index (χ3n) is 3.75. The summed E-state index contributed by atoms with van der Waals surface area (Å²) in [5.41, 5.74) is 2.88. The molecule has 1 unspecified atom stereocenters. The van der Waals surface area contributed by atoms with Gasteiger partial charge in [0.25, 0.3) is 0 Å². The van der Waals surface area contributed by atoms with E-state index in [2.05, 4.69) is 24.4 Å². The van der Waals surface area contributed by atoms with E-state index in [1.165, 1.54) is 23.3 Å². The average molecular weight is 289 g/mol. The van der Waals surface area contributed by atoms with Gasteiger partial charge in [-0.15, -0.1) is 0 Å². The Bertz CT molecular complexity index is 596. The molecule has 0 spiro atoms. The molecule has 0 amide bonds. The molecular formula is C18H21F2N. The van der Waals surface area contributed by atoms with Crippen molar-refractivity contribution in [3.05, 3.63) is 70.8 Å². The number of aryl methyl sites for hydroxylation is 2. The van der Waals surface area contributed by atoms with Crippen LogP contribution in [-0.4, -0.2) is 6.54 Å². The first-order valence-electron chi connectivity index (χ1n) is 7.34. The lowest BCUT2D eigenvalue weighted by Crippen LogP contribution is -2.22. The van der Waals surface area contributed by atoms with Crippen LogP contribution in [0.25, 0.3) is 0 Å². The van der Waals surface area contributed by atoms with Crippen LogP contribution in [0.2, 0.25) is 0 Å². The lowest BCUT2D eigenvalue weighted by molar-refractivity contribution is 0.479. The molecule has 1 nitrogen and oxygen atoms in total. The van der Waals surface area contributed by atoms with Crippen molar-refractivity contribution < 1.29 is 8.78 Å². The molecule has 21 heavy (non-hydrogen) atoms. The topological polar surface area (TPSA) is 12.0 Å². The SMILES string of the molecule is CCNC(CCc1ccccc1C)c1cc(F)ccc1F. The Labute approximate surface area is 125 Å². The number of rotatable bonds is 6. The molecule has 0 aliphatic carbocycles. The van der Waals surface area contributed by atoms with E-state index in [0.717, 1.165) is 18.9 Å².